The Hall–Kier alpha value is -1.36. The number of aryl methyl sites for hydroxylation is 1. The summed E-state index contributed by atoms with van der Waals surface area (Å²) in [6.07, 6.45) is 7.49. The second kappa shape index (κ2) is 11.0. The molecule has 1 unspecified atom stereocenters. The lowest BCUT2D eigenvalue weighted by Gasteiger charge is -2.29. The number of benzene rings is 1. The van der Waals surface area contributed by atoms with Gasteiger partial charge in [-0.05, 0) is 68.9 Å². The molecule has 5 heteroatoms. The quantitative estimate of drug-likeness (QED) is 0.525. The average molecular weight is 409 g/mol. The number of carbonyl (C=O) groups is 1. The van der Waals surface area contributed by atoms with Gasteiger partial charge in [-0.2, -0.15) is 0 Å². The zero-order chi connectivity index (χ0) is 20.6. The SMILES string of the molecule is CCOC(=O)Cc1cccc(CCC2CCC(CS(=O)(=O)C(C)CC)CC2)c1. The molecule has 2 rings (SSSR count). The molecule has 0 aromatic heterocycles. The summed E-state index contributed by atoms with van der Waals surface area (Å²) in [6, 6.07) is 8.23. The molecule has 0 bridgehead atoms. The molecule has 1 fully saturated rings. The first-order chi connectivity index (χ1) is 13.3. The lowest BCUT2D eigenvalue weighted by Crippen LogP contribution is -2.27. The van der Waals surface area contributed by atoms with E-state index in [2.05, 4.69) is 12.1 Å². The third-order valence-corrected chi connectivity index (χ3v) is 8.60. The molecule has 28 heavy (non-hydrogen) atoms. The zero-order valence-corrected chi connectivity index (χ0v) is 18.5. The van der Waals surface area contributed by atoms with E-state index < -0.39 is 9.84 Å². The van der Waals surface area contributed by atoms with Crippen molar-refractivity contribution in [1.82, 2.24) is 0 Å². The van der Waals surface area contributed by atoms with Crippen LogP contribution in [0, 0.1) is 11.8 Å². The Morgan fingerprint density at radius 1 is 1.11 bits per heavy atom. The number of hydrogen-bond donors (Lipinski definition) is 0. The smallest absolute Gasteiger partial charge is 0.310 e. The van der Waals surface area contributed by atoms with Gasteiger partial charge in [-0.15, -0.1) is 0 Å². The third kappa shape index (κ3) is 7.23. The molecule has 158 valence electrons. The molecular formula is C23H36O4S. The predicted octanol–water partition coefficient (Wildman–Crippen LogP) is 4.74. The highest BCUT2D eigenvalue weighted by atomic mass is 32.2. The minimum Gasteiger partial charge on any atom is -0.466 e. The van der Waals surface area contributed by atoms with Gasteiger partial charge in [-0.25, -0.2) is 8.42 Å². The summed E-state index contributed by atoms with van der Waals surface area (Å²) in [5, 5.41) is -0.216. The highest BCUT2D eigenvalue weighted by Crippen LogP contribution is 2.33. The van der Waals surface area contributed by atoms with Gasteiger partial charge in [0.15, 0.2) is 9.84 Å². The van der Waals surface area contributed by atoms with Gasteiger partial charge < -0.3 is 4.74 Å². The summed E-state index contributed by atoms with van der Waals surface area (Å²) in [5.74, 6) is 1.20. The van der Waals surface area contributed by atoms with Crippen molar-refractivity contribution in [2.45, 2.75) is 77.4 Å². The molecule has 0 heterocycles. The molecule has 1 aliphatic carbocycles. The number of esters is 1. The Bertz CT molecular complexity index is 718. The third-order valence-electron chi connectivity index (χ3n) is 6.11. The first kappa shape index (κ1) is 22.9. The van der Waals surface area contributed by atoms with Crippen LogP contribution >= 0.6 is 0 Å². The van der Waals surface area contributed by atoms with E-state index in [4.69, 9.17) is 4.74 Å². The van der Waals surface area contributed by atoms with Crippen LogP contribution in [0.5, 0.6) is 0 Å². The second-order valence-corrected chi connectivity index (χ2v) is 10.7. The van der Waals surface area contributed by atoms with Crippen LogP contribution in [0.25, 0.3) is 0 Å². The molecule has 0 saturated heterocycles. The number of ether oxygens (including phenoxy) is 1. The topological polar surface area (TPSA) is 60.4 Å². The number of rotatable bonds is 10. The summed E-state index contributed by atoms with van der Waals surface area (Å²) in [4.78, 5) is 11.7. The maximum absolute atomic E-state index is 12.3. The Balaban J connectivity index is 1.77. The Kier molecular flexibility index (Phi) is 9.00. The highest BCUT2D eigenvalue weighted by molar-refractivity contribution is 7.92. The fourth-order valence-corrected chi connectivity index (χ4v) is 5.90. The molecule has 0 aliphatic heterocycles. The Morgan fingerprint density at radius 3 is 2.39 bits per heavy atom. The lowest BCUT2D eigenvalue weighted by atomic mass is 9.80. The van der Waals surface area contributed by atoms with E-state index in [0.717, 1.165) is 44.1 Å². The normalized spacial score (nSPS) is 21.2. The van der Waals surface area contributed by atoms with Crippen molar-refractivity contribution >= 4 is 15.8 Å². The van der Waals surface area contributed by atoms with Crippen molar-refractivity contribution in [3.63, 3.8) is 0 Å². The first-order valence-electron chi connectivity index (χ1n) is 10.8. The molecule has 1 aromatic rings. The fraction of sp³-hybridized carbons (Fsp3) is 0.696. The molecule has 0 N–H and O–H groups in total. The standard InChI is InChI=1S/C23H36O4S/c1-4-18(3)28(25,26)17-21-13-10-19(11-14-21)9-12-20-7-6-8-22(15-20)16-23(24)27-5-2/h6-8,15,18-19,21H,4-5,9-14,16-17H2,1-3H3. The van der Waals surface area contributed by atoms with Gasteiger partial charge in [-0.1, -0.05) is 44.0 Å². The van der Waals surface area contributed by atoms with E-state index in [-0.39, 0.29) is 11.2 Å². The monoisotopic (exact) mass is 408 g/mol. The van der Waals surface area contributed by atoms with Crippen LogP contribution in [0.4, 0.5) is 0 Å². The average Bonchev–Trinajstić information content (AvgIpc) is 2.67. The van der Waals surface area contributed by atoms with E-state index in [1.165, 1.54) is 5.56 Å². The van der Waals surface area contributed by atoms with Gasteiger partial charge in [0.1, 0.15) is 0 Å². The van der Waals surface area contributed by atoms with E-state index in [1.807, 2.05) is 32.9 Å². The van der Waals surface area contributed by atoms with Crippen LogP contribution in [-0.4, -0.2) is 32.0 Å². The molecule has 1 aliphatic rings. The number of carbonyl (C=O) groups excluding carboxylic acids is 1. The summed E-state index contributed by atoms with van der Waals surface area (Å²) < 4.78 is 29.7. The maximum Gasteiger partial charge on any atom is 0.310 e. The largest absolute Gasteiger partial charge is 0.466 e. The van der Waals surface area contributed by atoms with E-state index in [9.17, 15) is 13.2 Å². The molecule has 0 radical (unpaired) electrons. The molecule has 4 nitrogen and oxygen atoms in total. The Labute approximate surface area is 171 Å². The minimum atomic E-state index is -2.94. The highest BCUT2D eigenvalue weighted by Gasteiger charge is 2.28. The van der Waals surface area contributed by atoms with Gasteiger partial charge in [-0.3, -0.25) is 4.79 Å². The van der Waals surface area contributed by atoms with Gasteiger partial charge in [0.2, 0.25) is 0 Å². The predicted molar refractivity (Wildman–Crippen MR) is 114 cm³/mol. The van der Waals surface area contributed by atoms with Crippen molar-refractivity contribution in [3.8, 4) is 0 Å². The van der Waals surface area contributed by atoms with Crippen LogP contribution < -0.4 is 0 Å². The first-order valence-corrected chi connectivity index (χ1v) is 12.5. The summed E-state index contributed by atoms with van der Waals surface area (Å²) in [7, 11) is -2.94. The summed E-state index contributed by atoms with van der Waals surface area (Å²) >= 11 is 0. The van der Waals surface area contributed by atoms with Crippen molar-refractivity contribution in [1.29, 1.82) is 0 Å². The van der Waals surface area contributed by atoms with E-state index in [0.29, 0.717) is 37.0 Å². The van der Waals surface area contributed by atoms with Crippen molar-refractivity contribution in [2.24, 2.45) is 11.8 Å². The van der Waals surface area contributed by atoms with Crippen LogP contribution in [0.2, 0.25) is 0 Å². The summed E-state index contributed by atoms with van der Waals surface area (Å²) in [6.45, 7) is 6.01. The number of hydrogen-bond acceptors (Lipinski definition) is 4. The number of sulfone groups is 1. The zero-order valence-electron chi connectivity index (χ0n) is 17.7. The van der Waals surface area contributed by atoms with Crippen LogP contribution in [0.15, 0.2) is 24.3 Å². The Morgan fingerprint density at radius 2 is 1.75 bits per heavy atom. The van der Waals surface area contributed by atoms with Crippen molar-refractivity contribution in [3.05, 3.63) is 35.4 Å². The van der Waals surface area contributed by atoms with Crippen LogP contribution in [0.1, 0.15) is 70.4 Å². The molecular weight excluding hydrogens is 372 g/mol. The van der Waals surface area contributed by atoms with Crippen molar-refractivity contribution in [2.75, 3.05) is 12.4 Å². The maximum atomic E-state index is 12.3. The van der Waals surface area contributed by atoms with Crippen LogP contribution in [-0.2, 0) is 32.2 Å². The molecule has 1 atom stereocenters. The van der Waals surface area contributed by atoms with Gasteiger partial charge in [0.05, 0.1) is 24.0 Å². The van der Waals surface area contributed by atoms with Crippen molar-refractivity contribution < 1.29 is 17.9 Å². The second-order valence-electron chi connectivity index (χ2n) is 8.28. The fourth-order valence-electron chi connectivity index (χ4n) is 4.08. The van der Waals surface area contributed by atoms with Gasteiger partial charge in [0, 0.05) is 0 Å². The minimum absolute atomic E-state index is 0.176. The molecule has 0 amide bonds. The summed E-state index contributed by atoms with van der Waals surface area (Å²) in [5.41, 5.74) is 2.28. The van der Waals surface area contributed by atoms with E-state index in [1.54, 1.807) is 0 Å². The molecule has 1 aromatic carbocycles. The molecule has 0 spiro atoms. The van der Waals surface area contributed by atoms with E-state index >= 15 is 0 Å². The van der Waals surface area contributed by atoms with Crippen LogP contribution in [0.3, 0.4) is 0 Å². The van der Waals surface area contributed by atoms with Gasteiger partial charge >= 0.3 is 5.97 Å². The lowest BCUT2D eigenvalue weighted by molar-refractivity contribution is -0.142. The van der Waals surface area contributed by atoms with Gasteiger partial charge in [0.25, 0.3) is 0 Å². The molecule has 1 saturated carbocycles.